The number of hydrogen-bond acceptors (Lipinski definition) is 5. The number of aryl methyl sites for hydroxylation is 2. The highest BCUT2D eigenvalue weighted by molar-refractivity contribution is 6.03. The highest BCUT2D eigenvalue weighted by Crippen LogP contribution is 2.29. The van der Waals surface area contributed by atoms with Crippen LogP contribution in [0.5, 0.6) is 0 Å². The summed E-state index contributed by atoms with van der Waals surface area (Å²) < 4.78 is 20.3. The van der Waals surface area contributed by atoms with E-state index >= 15 is 0 Å². The van der Waals surface area contributed by atoms with Crippen LogP contribution in [0, 0.1) is 12.7 Å². The number of amides is 1. The van der Waals surface area contributed by atoms with Crippen LogP contribution in [0.1, 0.15) is 34.4 Å². The van der Waals surface area contributed by atoms with Gasteiger partial charge in [-0.25, -0.2) is 8.91 Å². The van der Waals surface area contributed by atoms with Gasteiger partial charge < -0.3 is 10.1 Å². The molecule has 1 amide bonds. The Balaban J connectivity index is 1.74. The second-order valence-corrected chi connectivity index (χ2v) is 7.14. The quantitative estimate of drug-likeness (QED) is 0.507. The third-order valence-electron chi connectivity index (χ3n) is 5.09. The van der Waals surface area contributed by atoms with Crippen molar-refractivity contribution in [2.75, 3.05) is 12.4 Å². The SMILES string of the molecule is CCc1ccc(NC(=O)c2nnc3c(-c4ccc(F)cc4)c(COC)nn3c2C)cc1. The molecule has 0 bridgehead atoms. The zero-order valence-electron chi connectivity index (χ0n) is 17.5. The molecule has 2 heterocycles. The maximum Gasteiger partial charge on any atom is 0.278 e. The van der Waals surface area contributed by atoms with Crippen molar-refractivity contribution >= 4 is 17.2 Å². The van der Waals surface area contributed by atoms with Gasteiger partial charge >= 0.3 is 0 Å². The summed E-state index contributed by atoms with van der Waals surface area (Å²) in [5, 5.41) is 15.9. The van der Waals surface area contributed by atoms with Crippen LogP contribution in [0.4, 0.5) is 10.1 Å². The van der Waals surface area contributed by atoms with E-state index < -0.39 is 0 Å². The molecule has 0 unspecified atom stereocenters. The molecule has 0 aliphatic rings. The van der Waals surface area contributed by atoms with Gasteiger partial charge in [-0.3, -0.25) is 4.79 Å². The molecule has 8 heteroatoms. The number of hydrogen-bond donors (Lipinski definition) is 1. The molecule has 7 nitrogen and oxygen atoms in total. The lowest BCUT2D eigenvalue weighted by molar-refractivity contribution is 0.102. The van der Waals surface area contributed by atoms with E-state index in [0.29, 0.717) is 28.3 Å². The first-order chi connectivity index (χ1) is 15.0. The maximum atomic E-state index is 13.4. The van der Waals surface area contributed by atoms with Gasteiger partial charge in [0.2, 0.25) is 0 Å². The molecule has 158 valence electrons. The van der Waals surface area contributed by atoms with Gasteiger partial charge in [0.25, 0.3) is 5.91 Å². The minimum Gasteiger partial charge on any atom is -0.378 e. The Labute approximate surface area is 178 Å². The lowest BCUT2D eigenvalue weighted by Crippen LogP contribution is -2.18. The highest BCUT2D eigenvalue weighted by Gasteiger charge is 2.22. The van der Waals surface area contributed by atoms with Crippen molar-refractivity contribution in [3.63, 3.8) is 0 Å². The molecule has 4 rings (SSSR count). The van der Waals surface area contributed by atoms with Gasteiger partial charge in [-0.2, -0.15) is 5.10 Å². The largest absolute Gasteiger partial charge is 0.378 e. The van der Waals surface area contributed by atoms with Crippen molar-refractivity contribution in [2.24, 2.45) is 0 Å². The Kier molecular flexibility index (Phi) is 5.73. The summed E-state index contributed by atoms with van der Waals surface area (Å²) in [4.78, 5) is 12.8. The topological polar surface area (TPSA) is 81.4 Å². The number of carbonyl (C=O) groups excluding carboxylic acids is 1. The fourth-order valence-corrected chi connectivity index (χ4v) is 3.42. The van der Waals surface area contributed by atoms with Gasteiger partial charge in [-0.15, -0.1) is 10.2 Å². The second kappa shape index (κ2) is 8.61. The van der Waals surface area contributed by atoms with Crippen molar-refractivity contribution in [1.82, 2.24) is 19.8 Å². The number of aromatic nitrogens is 4. The number of benzene rings is 2. The first-order valence-corrected chi connectivity index (χ1v) is 9.92. The number of methoxy groups -OCH3 is 1. The molecule has 0 saturated heterocycles. The van der Waals surface area contributed by atoms with Crippen molar-refractivity contribution < 1.29 is 13.9 Å². The Hall–Kier alpha value is -3.65. The van der Waals surface area contributed by atoms with Gasteiger partial charge in [0.15, 0.2) is 11.3 Å². The fraction of sp³-hybridized carbons (Fsp3) is 0.217. The maximum absolute atomic E-state index is 13.4. The number of carbonyl (C=O) groups is 1. The molecule has 0 aliphatic carbocycles. The van der Waals surface area contributed by atoms with Crippen LogP contribution < -0.4 is 5.32 Å². The van der Waals surface area contributed by atoms with Crippen molar-refractivity contribution in [1.29, 1.82) is 0 Å². The summed E-state index contributed by atoms with van der Waals surface area (Å²) in [6.45, 7) is 4.07. The smallest absolute Gasteiger partial charge is 0.278 e. The Morgan fingerprint density at radius 3 is 2.45 bits per heavy atom. The van der Waals surface area contributed by atoms with Crippen LogP contribution in [0.15, 0.2) is 48.5 Å². The lowest BCUT2D eigenvalue weighted by atomic mass is 10.1. The molecule has 2 aromatic carbocycles. The van der Waals surface area contributed by atoms with E-state index in [2.05, 4.69) is 27.5 Å². The van der Waals surface area contributed by atoms with E-state index in [1.54, 1.807) is 30.7 Å². The Morgan fingerprint density at radius 2 is 1.81 bits per heavy atom. The molecule has 2 aromatic heterocycles. The van der Waals surface area contributed by atoms with Gasteiger partial charge in [0, 0.05) is 12.8 Å². The summed E-state index contributed by atoms with van der Waals surface area (Å²) >= 11 is 0. The van der Waals surface area contributed by atoms with E-state index in [0.717, 1.165) is 12.0 Å². The third kappa shape index (κ3) is 4.02. The predicted octanol–water partition coefficient (Wildman–Crippen LogP) is 4.20. The highest BCUT2D eigenvalue weighted by atomic mass is 19.1. The number of nitrogens with one attached hydrogen (secondary N) is 1. The molecule has 1 N–H and O–H groups in total. The molecule has 31 heavy (non-hydrogen) atoms. The number of fused-ring (bicyclic) bond motifs is 1. The average molecular weight is 419 g/mol. The summed E-state index contributed by atoms with van der Waals surface area (Å²) in [5.74, 6) is -0.704. The molecule has 0 saturated carbocycles. The summed E-state index contributed by atoms with van der Waals surface area (Å²) in [5.41, 5.74) is 5.11. The van der Waals surface area contributed by atoms with Crippen LogP contribution in [-0.4, -0.2) is 32.8 Å². The van der Waals surface area contributed by atoms with E-state index in [-0.39, 0.29) is 24.0 Å². The zero-order valence-corrected chi connectivity index (χ0v) is 17.5. The van der Waals surface area contributed by atoms with E-state index in [1.165, 1.54) is 17.7 Å². The molecule has 0 aliphatic heterocycles. The van der Waals surface area contributed by atoms with Crippen LogP contribution in [0.3, 0.4) is 0 Å². The Bertz CT molecular complexity index is 1230. The predicted molar refractivity (Wildman–Crippen MR) is 115 cm³/mol. The fourth-order valence-electron chi connectivity index (χ4n) is 3.42. The van der Waals surface area contributed by atoms with Gasteiger partial charge in [0.05, 0.1) is 23.6 Å². The van der Waals surface area contributed by atoms with Crippen LogP contribution in [-0.2, 0) is 17.8 Å². The number of rotatable bonds is 6. The monoisotopic (exact) mass is 419 g/mol. The molecular formula is C23H22FN5O2. The minimum absolute atomic E-state index is 0.171. The average Bonchev–Trinajstić information content (AvgIpc) is 3.14. The molecule has 0 fully saturated rings. The second-order valence-electron chi connectivity index (χ2n) is 7.14. The molecule has 0 radical (unpaired) electrons. The number of halogens is 1. The third-order valence-corrected chi connectivity index (χ3v) is 5.09. The zero-order chi connectivity index (χ0) is 22.0. The van der Waals surface area contributed by atoms with Crippen molar-refractivity contribution in [3.8, 4) is 11.1 Å². The summed E-state index contributed by atoms with van der Waals surface area (Å²) in [7, 11) is 1.57. The molecule has 4 aromatic rings. The van der Waals surface area contributed by atoms with Crippen LogP contribution >= 0.6 is 0 Å². The first-order valence-electron chi connectivity index (χ1n) is 9.92. The lowest BCUT2D eigenvalue weighted by Gasteiger charge is -2.08. The normalized spacial score (nSPS) is 11.1. The van der Waals surface area contributed by atoms with Crippen molar-refractivity contribution in [2.45, 2.75) is 26.9 Å². The molecule has 0 atom stereocenters. The Morgan fingerprint density at radius 1 is 1.10 bits per heavy atom. The van der Waals surface area contributed by atoms with Gasteiger partial charge in [0.1, 0.15) is 5.82 Å². The molecular weight excluding hydrogens is 397 g/mol. The van der Waals surface area contributed by atoms with Crippen LogP contribution in [0.25, 0.3) is 16.8 Å². The summed E-state index contributed by atoms with van der Waals surface area (Å²) in [6, 6.07) is 13.7. The van der Waals surface area contributed by atoms with Crippen LogP contribution in [0.2, 0.25) is 0 Å². The van der Waals surface area contributed by atoms with Crippen molar-refractivity contribution in [3.05, 3.63) is 77.0 Å². The number of nitrogens with zero attached hydrogens (tertiary/aromatic N) is 4. The van der Waals surface area contributed by atoms with Gasteiger partial charge in [-0.05, 0) is 48.7 Å². The standard InChI is InChI=1S/C23H22FN5O2/c1-4-15-5-11-18(12-6-15)25-23(30)21-14(2)29-22(27-26-21)20(19(28-29)13-31-3)16-7-9-17(24)10-8-16/h5-12H,4,13H2,1-3H3,(H,25,30). The van der Waals surface area contributed by atoms with E-state index in [1.807, 2.05) is 24.3 Å². The van der Waals surface area contributed by atoms with E-state index in [9.17, 15) is 9.18 Å². The minimum atomic E-state index is -0.372. The number of ether oxygens (including phenoxy) is 1. The van der Waals surface area contributed by atoms with Gasteiger partial charge in [-0.1, -0.05) is 31.2 Å². The first kappa shape index (κ1) is 20.6. The summed E-state index contributed by atoms with van der Waals surface area (Å²) in [6.07, 6.45) is 0.926. The number of anilines is 1. The van der Waals surface area contributed by atoms with E-state index in [4.69, 9.17) is 4.74 Å². The molecule has 0 spiro atoms.